The second-order valence-electron chi connectivity index (χ2n) is 19.6. The predicted octanol–water partition coefficient (Wildman–Crippen LogP) is 6.09. The molecule has 0 aromatic rings. The van der Waals surface area contributed by atoms with E-state index in [0.29, 0.717) is 67.3 Å². The first kappa shape index (κ1) is 55.3. The van der Waals surface area contributed by atoms with E-state index in [4.69, 9.17) is 47.4 Å². The largest absolute Gasteiger partial charge is 0.469 e. The number of esters is 8. The first-order valence-electron chi connectivity index (χ1n) is 24.1. The van der Waals surface area contributed by atoms with Gasteiger partial charge in [0.1, 0.15) is 36.6 Å². The van der Waals surface area contributed by atoms with Crippen molar-refractivity contribution in [3.63, 3.8) is 0 Å². The van der Waals surface area contributed by atoms with Crippen molar-refractivity contribution < 1.29 is 85.7 Å². The van der Waals surface area contributed by atoms with Crippen LogP contribution in [0.15, 0.2) is 60.8 Å². The molecule has 386 valence electrons. The van der Waals surface area contributed by atoms with Crippen molar-refractivity contribution in [1.29, 1.82) is 0 Å². The molecule has 0 N–H and O–H groups in total. The Morgan fingerprint density at radius 2 is 1.17 bits per heavy atom. The van der Waals surface area contributed by atoms with Gasteiger partial charge in [-0.25, -0.2) is 24.0 Å². The number of hydrogen-bond donors (Lipinski definition) is 0. The van der Waals surface area contributed by atoms with Crippen molar-refractivity contribution >= 4 is 47.8 Å². The zero-order chi connectivity index (χ0) is 51.6. The minimum Gasteiger partial charge on any atom is -0.469 e. The molecule has 18 heteroatoms. The summed E-state index contributed by atoms with van der Waals surface area (Å²) in [5.41, 5.74) is 2.03. The molecule has 9 aliphatic rings. The van der Waals surface area contributed by atoms with Gasteiger partial charge in [0.2, 0.25) is 6.29 Å². The molecule has 0 amide bonds. The molecule has 18 nitrogen and oxygen atoms in total. The summed E-state index contributed by atoms with van der Waals surface area (Å²) in [7, 11) is 1.29. The Morgan fingerprint density at radius 3 is 1.70 bits per heavy atom. The van der Waals surface area contributed by atoms with Gasteiger partial charge in [0.25, 0.3) is 0 Å². The average molecular weight is 983 g/mol. The maximum atomic E-state index is 11.9. The number of fused-ring (bicyclic) bond motifs is 5. The fourth-order valence-electron chi connectivity index (χ4n) is 10.2. The monoisotopic (exact) mass is 982 g/mol. The Balaban J connectivity index is 0.000000166. The average Bonchev–Trinajstić information content (AvgIpc) is 4.19. The topological polar surface area (TPSA) is 229 Å². The second-order valence-corrected chi connectivity index (χ2v) is 19.6. The van der Waals surface area contributed by atoms with Gasteiger partial charge in [-0.3, -0.25) is 14.4 Å². The molecule has 5 aliphatic carbocycles. The highest BCUT2D eigenvalue weighted by Crippen LogP contribution is 2.59. The molecular formula is C52H70O18. The van der Waals surface area contributed by atoms with Gasteiger partial charge in [0.05, 0.1) is 44.7 Å². The van der Waals surface area contributed by atoms with Gasteiger partial charge < -0.3 is 47.4 Å². The summed E-state index contributed by atoms with van der Waals surface area (Å²) in [5.74, 6) is -2.57. The highest BCUT2D eigenvalue weighted by Gasteiger charge is 2.70. The Bertz CT molecular complexity index is 2020. The molecule has 9 fully saturated rings. The van der Waals surface area contributed by atoms with E-state index in [9.17, 15) is 38.4 Å². The van der Waals surface area contributed by atoms with Crippen molar-refractivity contribution in [3.8, 4) is 0 Å². The van der Waals surface area contributed by atoms with Crippen LogP contribution in [0.4, 0.5) is 0 Å². The number of methoxy groups -OCH3 is 1. The highest BCUT2D eigenvalue weighted by atomic mass is 16.7. The van der Waals surface area contributed by atoms with Gasteiger partial charge in [0.15, 0.2) is 0 Å². The number of rotatable bonds is 11. The van der Waals surface area contributed by atoms with Gasteiger partial charge >= 0.3 is 47.8 Å². The molecule has 5 saturated carbocycles. The zero-order valence-electron chi connectivity index (χ0n) is 41.4. The highest BCUT2D eigenvalue weighted by molar-refractivity contribution is 5.90. The molecular weight excluding hydrogens is 913 g/mol. The van der Waals surface area contributed by atoms with Crippen LogP contribution >= 0.6 is 0 Å². The third kappa shape index (κ3) is 14.3. The molecule has 4 heterocycles. The van der Waals surface area contributed by atoms with Crippen LogP contribution in [-0.4, -0.2) is 118 Å². The SMILES string of the molecule is C=C(C)C(=O)OC1C2CC3C1OC(=O)C3C2C(=O)OC.C=C(C)C(=O)OC1CC2CCC1C2.C=C(C)C(=O)OC1CCC2CC1OC2=O.C=C(C)C(=O)OC1CCCO1.C=C(C)C(=O)OC1CCOC1. The second kappa shape index (κ2) is 25.0. The molecule has 14 atom stereocenters. The molecule has 6 bridgehead atoms. The Morgan fingerprint density at radius 1 is 0.571 bits per heavy atom. The van der Waals surface area contributed by atoms with Gasteiger partial charge in [-0.2, -0.15) is 0 Å². The van der Waals surface area contributed by atoms with Crippen LogP contribution < -0.4 is 0 Å². The van der Waals surface area contributed by atoms with Gasteiger partial charge in [-0.05, 0) is 97.8 Å². The number of carbonyl (C=O) groups excluding carboxylic acids is 8. The zero-order valence-corrected chi connectivity index (χ0v) is 41.4. The molecule has 9 rings (SSSR count). The first-order valence-corrected chi connectivity index (χ1v) is 24.1. The van der Waals surface area contributed by atoms with E-state index in [0.717, 1.165) is 38.0 Å². The molecule has 4 aliphatic heterocycles. The predicted molar refractivity (Wildman–Crippen MR) is 247 cm³/mol. The standard InChI is InChI=1S/C14H16O6.C11H14O4.C11H16O2.2C8H12O3/c1-5(2)12(15)19-10-6-4-7-9(8(6)13(16)18-3)14(17)20-11(7)10;1-6(2)10(12)14-8-4-3-7-5-9(8)15-11(7)13;1-7(2)11(12)13-10-6-8-3-4-9(10)5-8;1-6(2)8(9)11-7-3-4-10-5-7;1-6(2)8(9)11-7-4-3-5-10-7/h6-11H,1,4H2,2-3H3;7-9H,1,3-5H2,2H3;8-10H,1,3-6H2,2H3;2*7H,1,3-5H2,2H3. The summed E-state index contributed by atoms with van der Waals surface area (Å²) < 4.78 is 51.2. The van der Waals surface area contributed by atoms with Crippen LogP contribution in [0.25, 0.3) is 0 Å². The van der Waals surface area contributed by atoms with Crippen LogP contribution in [0.1, 0.15) is 105 Å². The van der Waals surface area contributed by atoms with Crippen molar-refractivity contribution in [2.24, 2.45) is 41.4 Å². The van der Waals surface area contributed by atoms with E-state index in [1.165, 1.54) is 26.4 Å². The third-order valence-electron chi connectivity index (χ3n) is 13.8. The Labute approximate surface area is 409 Å². The summed E-state index contributed by atoms with van der Waals surface area (Å²) >= 11 is 0. The molecule has 0 aromatic carbocycles. The Kier molecular flexibility index (Phi) is 19.7. The summed E-state index contributed by atoms with van der Waals surface area (Å²) in [6, 6.07) is 0. The quantitative estimate of drug-likeness (QED) is 0.130. The molecule has 70 heavy (non-hydrogen) atoms. The van der Waals surface area contributed by atoms with E-state index in [1.807, 2.05) is 0 Å². The van der Waals surface area contributed by atoms with Crippen LogP contribution in [0, 0.1) is 41.4 Å². The van der Waals surface area contributed by atoms with Crippen molar-refractivity contribution in [2.45, 2.75) is 148 Å². The first-order chi connectivity index (χ1) is 33.1. The number of carbonyl (C=O) groups is 8. The summed E-state index contributed by atoms with van der Waals surface area (Å²) in [4.78, 5) is 91.1. The Hall–Kier alpha value is -5.62. The lowest BCUT2D eigenvalue weighted by molar-refractivity contribution is -0.165. The van der Waals surface area contributed by atoms with Crippen LogP contribution in [-0.2, 0) is 85.7 Å². The lowest BCUT2D eigenvalue weighted by atomic mass is 9.78. The van der Waals surface area contributed by atoms with Gasteiger partial charge in [-0.1, -0.05) is 32.9 Å². The molecule has 0 spiro atoms. The molecule has 4 saturated heterocycles. The lowest BCUT2D eigenvalue weighted by Gasteiger charge is -2.29. The fourth-order valence-corrected chi connectivity index (χ4v) is 10.2. The maximum Gasteiger partial charge on any atom is 0.335 e. The van der Waals surface area contributed by atoms with E-state index in [1.54, 1.807) is 34.6 Å². The third-order valence-corrected chi connectivity index (χ3v) is 13.8. The van der Waals surface area contributed by atoms with Gasteiger partial charge in [0, 0.05) is 59.0 Å². The molecule has 0 radical (unpaired) electrons. The minimum atomic E-state index is -0.573. The maximum absolute atomic E-state index is 11.9. The smallest absolute Gasteiger partial charge is 0.335 e. The van der Waals surface area contributed by atoms with Crippen molar-refractivity contribution in [2.75, 3.05) is 26.9 Å². The summed E-state index contributed by atoms with van der Waals surface area (Å²) in [6.07, 6.45) is 8.61. The van der Waals surface area contributed by atoms with Crippen molar-refractivity contribution in [3.05, 3.63) is 60.8 Å². The normalized spacial score (nSPS) is 32.7. The summed E-state index contributed by atoms with van der Waals surface area (Å²) in [6.45, 7) is 27.6. The van der Waals surface area contributed by atoms with E-state index < -0.39 is 42.0 Å². The van der Waals surface area contributed by atoms with E-state index in [2.05, 4.69) is 32.9 Å². The fraction of sp³-hybridized carbons (Fsp3) is 0.654. The van der Waals surface area contributed by atoms with Gasteiger partial charge in [-0.15, -0.1) is 0 Å². The lowest BCUT2D eigenvalue weighted by Crippen LogP contribution is -2.43. The minimum absolute atomic E-state index is 0.0229. The van der Waals surface area contributed by atoms with Crippen LogP contribution in [0.5, 0.6) is 0 Å². The van der Waals surface area contributed by atoms with Crippen LogP contribution in [0.2, 0.25) is 0 Å². The van der Waals surface area contributed by atoms with E-state index >= 15 is 0 Å². The molecule has 0 aromatic heterocycles. The number of hydrogen-bond acceptors (Lipinski definition) is 18. The summed E-state index contributed by atoms with van der Waals surface area (Å²) in [5, 5.41) is 0. The number of ether oxygens (including phenoxy) is 10. The van der Waals surface area contributed by atoms with Crippen molar-refractivity contribution in [1.82, 2.24) is 0 Å². The molecule has 14 unspecified atom stereocenters. The van der Waals surface area contributed by atoms with E-state index in [-0.39, 0.29) is 83.9 Å². The van der Waals surface area contributed by atoms with Crippen LogP contribution in [0.3, 0.4) is 0 Å².